The molecule has 1 aromatic heterocycles. The SMILES string of the molecule is COc1cccc(CCOCCOCc2cc(N(Cc3cccc(OC)c3)c3cccc(N4CCOCC4)c3)ccn2)c1. The lowest BCUT2D eigenvalue weighted by atomic mass is 10.1. The van der Waals surface area contributed by atoms with Crippen molar-refractivity contribution in [2.24, 2.45) is 0 Å². The zero-order valence-corrected chi connectivity index (χ0v) is 25.1. The smallest absolute Gasteiger partial charge is 0.119 e. The van der Waals surface area contributed by atoms with Gasteiger partial charge in [0.25, 0.3) is 0 Å². The van der Waals surface area contributed by atoms with Crippen LogP contribution in [0.25, 0.3) is 0 Å². The van der Waals surface area contributed by atoms with Crippen LogP contribution in [0.5, 0.6) is 11.5 Å². The predicted molar refractivity (Wildman–Crippen MR) is 170 cm³/mol. The van der Waals surface area contributed by atoms with Gasteiger partial charge in [0.2, 0.25) is 0 Å². The van der Waals surface area contributed by atoms with Gasteiger partial charge in [-0.25, -0.2) is 0 Å². The molecular weight excluding hydrogens is 542 g/mol. The molecule has 0 aliphatic carbocycles. The summed E-state index contributed by atoms with van der Waals surface area (Å²) in [5, 5.41) is 0. The van der Waals surface area contributed by atoms with Gasteiger partial charge in [-0.3, -0.25) is 4.98 Å². The molecule has 0 amide bonds. The van der Waals surface area contributed by atoms with Crippen LogP contribution in [0.15, 0.2) is 91.1 Å². The van der Waals surface area contributed by atoms with E-state index in [-0.39, 0.29) is 0 Å². The van der Waals surface area contributed by atoms with Crippen LogP contribution in [-0.4, -0.2) is 65.3 Å². The minimum atomic E-state index is 0.411. The first-order valence-corrected chi connectivity index (χ1v) is 14.8. The van der Waals surface area contributed by atoms with E-state index in [1.54, 1.807) is 14.2 Å². The van der Waals surface area contributed by atoms with E-state index in [0.717, 1.165) is 66.9 Å². The Morgan fingerprint density at radius 2 is 1.44 bits per heavy atom. The highest BCUT2D eigenvalue weighted by molar-refractivity contribution is 5.68. The summed E-state index contributed by atoms with van der Waals surface area (Å²) < 4.78 is 28.1. The highest BCUT2D eigenvalue weighted by Crippen LogP contribution is 2.32. The lowest BCUT2D eigenvalue weighted by molar-refractivity contribution is 0.0405. The molecule has 0 saturated carbocycles. The van der Waals surface area contributed by atoms with Gasteiger partial charge in [0.05, 0.1) is 59.6 Å². The van der Waals surface area contributed by atoms with Crippen LogP contribution in [0.1, 0.15) is 16.8 Å². The minimum absolute atomic E-state index is 0.411. The summed E-state index contributed by atoms with van der Waals surface area (Å²) in [6.45, 7) is 6.02. The summed E-state index contributed by atoms with van der Waals surface area (Å²) in [5.74, 6) is 1.71. The molecule has 1 fully saturated rings. The molecule has 43 heavy (non-hydrogen) atoms. The van der Waals surface area contributed by atoms with Crippen molar-refractivity contribution in [3.8, 4) is 11.5 Å². The lowest BCUT2D eigenvalue weighted by Gasteiger charge is -2.31. The van der Waals surface area contributed by atoms with Crippen molar-refractivity contribution in [3.05, 3.63) is 108 Å². The Hall–Kier alpha value is -4.11. The molecule has 1 saturated heterocycles. The summed E-state index contributed by atoms with van der Waals surface area (Å²) in [6, 6.07) is 29.1. The van der Waals surface area contributed by atoms with Gasteiger partial charge in [0.1, 0.15) is 11.5 Å². The Morgan fingerprint density at radius 3 is 2.23 bits per heavy atom. The average molecular weight is 584 g/mol. The maximum atomic E-state index is 5.93. The maximum absolute atomic E-state index is 5.93. The number of benzene rings is 3. The van der Waals surface area contributed by atoms with Crippen LogP contribution in [0.3, 0.4) is 0 Å². The van der Waals surface area contributed by atoms with Crippen molar-refractivity contribution in [3.63, 3.8) is 0 Å². The average Bonchev–Trinajstić information content (AvgIpc) is 3.07. The molecule has 0 N–H and O–H groups in total. The maximum Gasteiger partial charge on any atom is 0.119 e. The van der Waals surface area contributed by atoms with Crippen molar-refractivity contribution in [2.75, 3.05) is 70.1 Å². The quantitative estimate of drug-likeness (QED) is 0.157. The van der Waals surface area contributed by atoms with E-state index in [0.29, 0.717) is 33.0 Å². The van der Waals surface area contributed by atoms with E-state index in [2.05, 4.69) is 63.3 Å². The molecule has 0 spiro atoms. The molecule has 226 valence electrons. The van der Waals surface area contributed by atoms with E-state index in [1.807, 2.05) is 42.6 Å². The van der Waals surface area contributed by atoms with Crippen LogP contribution in [0.4, 0.5) is 17.1 Å². The molecule has 8 nitrogen and oxygen atoms in total. The second kappa shape index (κ2) is 15.9. The van der Waals surface area contributed by atoms with Crippen molar-refractivity contribution >= 4 is 17.1 Å². The zero-order chi connectivity index (χ0) is 29.7. The third-order valence-corrected chi connectivity index (χ3v) is 7.40. The van der Waals surface area contributed by atoms with Gasteiger partial charge < -0.3 is 33.5 Å². The van der Waals surface area contributed by atoms with Crippen LogP contribution in [0, 0.1) is 0 Å². The monoisotopic (exact) mass is 583 g/mol. The van der Waals surface area contributed by atoms with Gasteiger partial charge in [0, 0.05) is 42.9 Å². The van der Waals surface area contributed by atoms with Gasteiger partial charge in [-0.1, -0.05) is 30.3 Å². The Bertz CT molecular complexity index is 1430. The fourth-order valence-corrected chi connectivity index (χ4v) is 5.09. The normalized spacial score (nSPS) is 13.1. The molecule has 8 heteroatoms. The van der Waals surface area contributed by atoms with Gasteiger partial charge >= 0.3 is 0 Å². The predicted octanol–water partition coefficient (Wildman–Crippen LogP) is 6.05. The summed E-state index contributed by atoms with van der Waals surface area (Å²) in [7, 11) is 3.38. The van der Waals surface area contributed by atoms with Gasteiger partial charge in [-0.2, -0.15) is 0 Å². The standard InChI is InChI=1S/C35H41N3O5/c1-39-34-10-3-6-28(22-34)13-17-41-20-21-43-27-30-24-33(12-14-36-30)38(26-29-7-4-11-35(23-29)40-2)32-9-5-8-31(25-32)37-15-18-42-19-16-37/h3-12,14,22-25H,13,15-21,26-27H2,1-2H3. The molecule has 1 aliphatic heterocycles. The first kappa shape index (κ1) is 30.4. The molecular formula is C35H41N3O5. The Labute approximate surface area is 254 Å². The first-order chi connectivity index (χ1) is 21.2. The number of hydrogen-bond acceptors (Lipinski definition) is 8. The van der Waals surface area contributed by atoms with E-state index in [4.69, 9.17) is 23.7 Å². The Balaban J connectivity index is 1.22. The number of morpholine rings is 1. The van der Waals surface area contributed by atoms with Crippen molar-refractivity contribution in [1.29, 1.82) is 0 Å². The lowest BCUT2D eigenvalue weighted by Crippen LogP contribution is -2.36. The topological polar surface area (TPSA) is 65.5 Å². The minimum Gasteiger partial charge on any atom is -0.497 e. The first-order valence-electron chi connectivity index (χ1n) is 14.8. The third-order valence-electron chi connectivity index (χ3n) is 7.40. The summed E-state index contributed by atoms with van der Waals surface area (Å²) in [6.07, 6.45) is 2.68. The van der Waals surface area contributed by atoms with Gasteiger partial charge in [-0.15, -0.1) is 0 Å². The second-order valence-electron chi connectivity index (χ2n) is 10.3. The van der Waals surface area contributed by atoms with Gasteiger partial charge in [0.15, 0.2) is 0 Å². The molecule has 5 rings (SSSR count). The number of pyridine rings is 1. The number of rotatable bonds is 15. The second-order valence-corrected chi connectivity index (χ2v) is 10.3. The van der Waals surface area contributed by atoms with Crippen molar-refractivity contribution < 1.29 is 23.7 Å². The van der Waals surface area contributed by atoms with Crippen LogP contribution >= 0.6 is 0 Å². The third kappa shape index (κ3) is 8.94. The van der Waals surface area contributed by atoms with Crippen molar-refractivity contribution in [2.45, 2.75) is 19.6 Å². The van der Waals surface area contributed by atoms with E-state index in [1.165, 1.54) is 11.3 Å². The highest BCUT2D eigenvalue weighted by Gasteiger charge is 2.16. The van der Waals surface area contributed by atoms with E-state index < -0.39 is 0 Å². The number of nitrogens with zero attached hydrogens (tertiary/aromatic N) is 3. The molecule has 4 aromatic rings. The fourth-order valence-electron chi connectivity index (χ4n) is 5.09. The van der Waals surface area contributed by atoms with E-state index >= 15 is 0 Å². The van der Waals surface area contributed by atoms with E-state index in [9.17, 15) is 0 Å². The highest BCUT2D eigenvalue weighted by atomic mass is 16.5. The molecule has 0 radical (unpaired) electrons. The van der Waals surface area contributed by atoms with Crippen LogP contribution in [0.2, 0.25) is 0 Å². The molecule has 0 unspecified atom stereocenters. The Kier molecular flexibility index (Phi) is 11.2. The molecule has 0 atom stereocenters. The molecule has 3 aromatic carbocycles. The molecule has 2 heterocycles. The van der Waals surface area contributed by atoms with Crippen molar-refractivity contribution in [1.82, 2.24) is 4.98 Å². The van der Waals surface area contributed by atoms with Crippen LogP contribution < -0.4 is 19.3 Å². The fraction of sp³-hybridized carbons (Fsp3) is 0.343. The van der Waals surface area contributed by atoms with Gasteiger partial charge in [-0.05, 0) is 72.1 Å². The Morgan fingerprint density at radius 1 is 0.744 bits per heavy atom. The number of hydrogen-bond donors (Lipinski definition) is 0. The number of aromatic nitrogens is 1. The number of ether oxygens (including phenoxy) is 5. The summed E-state index contributed by atoms with van der Waals surface area (Å²) >= 11 is 0. The summed E-state index contributed by atoms with van der Waals surface area (Å²) in [5.41, 5.74) is 6.56. The summed E-state index contributed by atoms with van der Waals surface area (Å²) in [4.78, 5) is 9.27. The molecule has 0 bridgehead atoms. The number of anilines is 3. The van der Waals surface area contributed by atoms with Crippen LogP contribution in [-0.2, 0) is 33.8 Å². The molecule has 1 aliphatic rings. The number of methoxy groups -OCH3 is 2. The zero-order valence-electron chi connectivity index (χ0n) is 25.1. The largest absolute Gasteiger partial charge is 0.497 e.